The van der Waals surface area contributed by atoms with Crippen LogP contribution in [0.5, 0.6) is 0 Å². The van der Waals surface area contributed by atoms with Crippen LogP contribution in [0.3, 0.4) is 0 Å². The van der Waals surface area contributed by atoms with Gasteiger partial charge in [-0.05, 0) is 49.1 Å². The number of benzene rings is 1. The van der Waals surface area contributed by atoms with Crippen molar-refractivity contribution in [3.63, 3.8) is 0 Å². The topological polar surface area (TPSA) is 74.3 Å². The lowest BCUT2D eigenvalue weighted by Gasteiger charge is -2.28. The molecule has 0 radical (unpaired) electrons. The highest BCUT2D eigenvalue weighted by Gasteiger charge is 2.25. The van der Waals surface area contributed by atoms with Crippen LogP contribution < -0.4 is 14.9 Å². The summed E-state index contributed by atoms with van der Waals surface area (Å²) < 4.78 is 45.5. The number of aryl methyl sites for hydroxylation is 1. The summed E-state index contributed by atoms with van der Waals surface area (Å²) in [5.41, 5.74) is 1.75. The fraction of sp³-hybridized carbons (Fsp3) is 0.400. The molecule has 1 aromatic heterocycles. The molecule has 0 bridgehead atoms. The van der Waals surface area contributed by atoms with Gasteiger partial charge in [-0.25, -0.2) is 12.8 Å². The van der Waals surface area contributed by atoms with Crippen LogP contribution in [0.4, 0.5) is 15.8 Å². The van der Waals surface area contributed by atoms with Gasteiger partial charge in [0.05, 0.1) is 11.9 Å². The smallest absolute Gasteiger partial charge is 0.264 e. The molecule has 6 nitrogen and oxygen atoms in total. The Hall–Kier alpha value is -1.71. The van der Waals surface area contributed by atoms with Crippen LogP contribution in [0, 0.1) is 12.7 Å². The minimum absolute atomic E-state index is 0.278. The molecule has 0 spiro atoms. The van der Waals surface area contributed by atoms with Gasteiger partial charge in [-0.3, -0.25) is 4.72 Å². The van der Waals surface area contributed by atoms with E-state index in [2.05, 4.69) is 14.4 Å². The minimum atomic E-state index is -3.99. The number of halogens is 1. The van der Waals surface area contributed by atoms with Crippen molar-refractivity contribution in [3.05, 3.63) is 35.1 Å². The van der Waals surface area contributed by atoms with Crippen LogP contribution in [0.1, 0.15) is 12.0 Å². The van der Waals surface area contributed by atoms with Crippen LogP contribution >= 0.6 is 11.5 Å². The van der Waals surface area contributed by atoms with E-state index in [1.165, 1.54) is 18.3 Å². The van der Waals surface area contributed by atoms with Crippen LogP contribution in [0.2, 0.25) is 0 Å². The Labute approximate surface area is 144 Å². The molecule has 1 aliphatic heterocycles. The van der Waals surface area contributed by atoms with E-state index < -0.39 is 15.8 Å². The fourth-order valence-corrected chi connectivity index (χ4v) is 4.59. The molecule has 0 unspecified atom stereocenters. The molecule has 1 aromatic carbocycles. The third-order valence-corrected chi connectivity index (χ3v) is 6.17. The zero-order valence-corrected chi connectivity index (χ0v) is 15.0. The van der Waals surface area contributed by atoms with Crippen molar-refractivity contribution in [2.24, 2.45) is 0 Å². The largest absolute Gasteiger partial charge is 0.370 e. The highest BCUT2D eigenvalue weighted by Crippen LogP contribution is 2.29. The quantitative estimate of drug-likeness (QED) is 0.844. The first-order chi connectivity index (χ1) is 11.4. The minimum Gasteiger partial charge on any atom is -0.370 e. The van der Waals surface area contributed by atoms with E-state index in [0.717, 1.165) is 36.6 Å². The molecule has 2 N–H and O–H groups in total. The summed E-state index contributed by atoms with van der Waals surface area (Å²) in [6.07, 6.45) is 2.37. The normalized spacial score (nSPS) is 17.9. The fourth-order valence-electron chi connectivity index (χ4n) is 2.86. The molecule has 1 aliphatic rings. The van der Waals surface area contributed by atoms with Crippen molar-refractivity contribution in [1.29, 1.82) is 0 Å². The van der Waals surface area contributed by atoms with Gasteiger partial charge >= 0.3 is 0 Å². The number of hydrogen-bond acceptors (Lipinski definition) is 6. The van der Waals surface area contributed by atoms with E-state index in [4.69, 9.17) is 0 Å². The second kappa shape index (κ2) is 6.66. The molecule has 24 heavy (non-hydrogen) atoms. The molecule has 0 amide bonds. The van der Waals surface area contributed by atoms with Crippen molar-refractivity contribution < 1.29 is 12.8 Å². The van der Waals surface area contributed by atoms with Gasteiger partial charge in [-0.1, -0.05) is 0 Å². The van der Waals surface area contributed by atoms with Crippen LogP contribution in [0.25, 0.3) is 0 Å². The predicted molar refractivity (Wildman–Crippen MR) is 93.7 cm³/mol. The standard InChI is InChI=1S/C15H19FN4O2S2/c1-10-5-15(24(21,22)19-11-7-18-23-9-11)13(16)6-14(10)20(2)12-3-4-17-8-12/h5-7,9,12,17,19H,3-4,8H2,1-2H3/t12-/m0/s1. The molecule has 3 rings (SSSR count). The van der Waals surface area contributed by atoms with Crippen LogP contribution in [0.15, 0.2) is 28.6 Å². The van der Waals surface area contributed by atoms with Crippen molar-refractivity contribution in [2.75, 3.05) is 29.8 Å². The molecule has 2 aromatic rings. The number of likely N-dealkylation sites (N-methyl/N-ethyl adjacent to an activating group) is 1. The van der Waals surface area contributed by atoms with Gasteiger partial charge in [-0.2, -0.15) is 4.37 Å². The first-order valence-electron chi connectivity index (χ1n) is 7.54. The monoisotopic (exact) mass is 370 g/mol. The van der Waals surface area contributed by atoms with Gasteiger partial charge in [0.15, 0.2) is 0 Å². The van der Waals surface area contributed by atoms with Crippen molar-refractivity contribution in [3.8, 4) is 0 Å². The molecule has 2 heterocycles. The number of nitrogens with zero attached hydrogens (tertiary/aromatic N) is 2. The zero-order chi connectivity index (χ0) is 17.3. The predicted octanol–water partition coefficient (Wildman–Crippen LogP) is 2.19. The number of aromatic nitrogens is 1. The zero-order valence-electron chi connectivity index (χ0n) is 13.4. The van der Waals surface area contributed by atoms with E-state index in [0.29, 0.717) is 11.4 Å². The van der Waals surface area contributed by atoms with Gasteiger partial charge in [-0.15, -0.1) is 0 Å². The van der Waals surface area contributed by atoms with Crippen LogP contribution in [-0.4, -0.2) is 39.0 Å². The molecular formula is C15H19FN4O2S2. The van der Waals surface area contributed by atoms with Crippen molar-refractivity contribution >= 4 is 32.9 Å². The van der Waals surface area contributed by atoms with Gasteiger partial charge in [0.25, 0.3) is 10.0 Å². The third-order valence-electron chi connectivity index (χ3n) is 4.19. The Morgan fingerprint density at radius 2 is 2.25 bits per heavy atom. The van der Waals surface area contributed by atoms with E-state index in [1.54, 1.807) is 12.3 Å². The average molecular weight is 370 g/mol. The summed E-state index contributed by atoms with van der Waals surface area (Å²) in [5, 5.41) is 4.82. The lowest BCUT2D eigenvalue weighted by Crippen LogP contribution is -2.34. The second-order valence-electron chi connectivity index (χ2n) is 5.85. The Bertz CT molecular complexity index is 818. The molecule has 130 valence electrons. The number of nitrogens with one attached hydrogen (secondary N) is 2. The Kier molecular flexibility index (Phi) is 4.75. The highest BCUT2D eigenvalue weighted by molar-refractivity contribution is 7.92. The first-order valence-corrected chi connectivity index (χ1v) is 9.86. The summed E-state index contributed by atoms with van der Waals surface area (Å²) in [5.74, 6) is -0.760. The SMILES string of the molecule is Cc1cc(S(=O)(=O)Nc2cnsc2)c(F)cc1N(C)[C@H]1CCNC1. The number of anilines is 2. The van der Waals surface area contributed by atoms with E-state index in [1.807, 2.05) is 11.9 Å². The lowest BCUT2D eigenvalue weighted by atomic mass is 10.1. The number of rotatable bonds is 5. The molecular weight excluding hydrogens is 351 g/mol. The number of hydrogen-bond donors (Lipinski definition) is 2. The van der Waals surface area contributed by atoms with Gasteiger partial charge in [0.2, 0.25) is 0 Å². The molecule has 0 saturated carbocycles. The summed E-state index contributed by atoms with van der Waals surface area (Å²) in [4.78, 5) is 1.65. The maximum absolute atomic E-state index is 14.5. The van der Waals surface area contributed by atoms with Crippen molar-refractivity contribution in [2.45, 2.75) is 24.3 Å². The first kappa shape index (κ1) is 17.1. The van der Waals surface area contributed by atoms with Gasteiger partial charge in [0, 0.05) is 30.7 Å². The van der Waals surface area contributed by atoms with Gasteiger partial charge < -0.3 is 10.2 Å². The van der Waals surface area contributed by atoms with Gasteiger partial charge in [0.1, 0.15) is 10.7 Å². The maximum Gasteiger partial charge on any atom is 0.264 e. The molecule has 1 fully saturated rings. The molecule has 1 saturated heterocycles. The van der Waals surface area contributed by atoms with E-state index in [9.17, 15) is 12.8 Å². The molecule has 9 heteroatoms. The summed E-state index contributed by atoms with van der Waals surface area (Å²) in [6.45, 7) is 3.56. The Morgan fingerprint density at radius 3 is 2.88 bits per heavy atom. The average Bonchev–Trinajstić information content (AvgIpc) is 3.21. The highest BCUT2D eigenvalue weighted by atomic mass is 32.2. The Morgan fingerprint density at radius 1 is 1.46 bits per heavy atom. The summed E-state index contributed by atoms with van der Waals surface area (Å²) in [6, 6.07) is 2.96. The van der Waals surface area contributed by atoms with Crippen molar-refractivity contribution in [1.82, 2.24) is 9.69 Å². The Balaban J connectivity index is 1.92. The summed E-state index contributed by atoms with van der Waals surface area (Å²) >= 11 is 1.12. The molecule has 0 aliphatic carbocycles. The maximum atomic E-state index is 14.5. The molecule has 1 atom stereocenters. The van der Waals surface area contributed by atoms with Crippen LogP contribution in [-0.2, 0) is 10.0 Å². The third kappa shape index (κ3) is 3.38. The van der Waals surface area contributed by atoms with E-state index >= 15 is 0 Å². The lowest BCUT2D eigenvalue weighted by molar-refractivity contribution is 0.568. The second-order valence-corrected chi connectivity index (χ2v) is 8.15. The number of sulfonamides is 1. The summed E-state index contributed by atoms with van der Waals surface area (Å²) in [7, 11) is -2.08. The van der Waals surface area contributed by atoms with E-state index in [-0.39, 0.29) is 10.9 Å².